The van der Waals surface area contributed by atoms with Gasteiger partial charge in [-0.3, -0.25) is 0 Å². The number of hydrogen-bond donors (Lipinski definition) is 0. The number of anilines is 2. The highest BCUT2D eigenvalue weighted by molar-refractivity contribution is 5.77. The molecule has 0 spiro atoms. The fraction of sp³-hybridized carbons (Fsp3) is 0.379. The minimum absolute atomic E-state index is 0.334. The Kier molecular flexibility index (Phi) is 11.1. The summed E-state index contributed by atoms with van der Waals surface area (Å²) in [6.07, 6.45) is 0. The molecule has 0 radical (unpaired) electrons. The lowest BCUT2D eigenvalue weighted by Gasteiger charge is -2.22. The van der Waals surface area contributed by atoms with Crippen LogP contribution in [0.25, 0.3) is 10.4 Å². The van der Waals surface area contributed by atoms with Gasteiger partial charge in [0.1, 0.15) is 12.4 Å². The molecule has 0 amide bonds. The summed E-state index contributed by atoms with van der Waals surface area (Å²) in [4.78, 5) is 7.48. The topological polar surface area (TPSA) is 92.2 Å². The van der Waals surface area contributed by atoms with Gasteiger partial charge in [0, 0.05) is 30.6 Å². The minimum Gasteiger partial charge on any atom is -0.491 e. The Balaban J connectivity index is 1.23. The fourth-order valence-electron chi connectivity index (χ4n) is 4.26. The molecule has 9 heteroatoms. The predicted octanol–water partition coefficient (Wildman–Crippen LogP) is 5.41. The van der Waals surface area contributed by atoms with Gasteiger partial charge in [-0.25, -0.2) is 0 Å². The van der Waals surface area contributed by atoms with E-state index in [1.54, 1.807) is 0 Å². The van der Waals surface area contributed by atoms with E-state index in [4.69, 9.17) is 24.5 Å². The molecule has 3 aromatic rings. The fourth-order valence-corrected chi connectivity index (χ4v) is 4.26. The van der Waals surface area contributed by atoms with Gasteiger partial charge >= 0.3 is 0 Å². The summed E-state index contributed by atoms with van der Waals surface area (Å²) >= 11 is 0. The van der Waals surface area contributed by atoms with Gasteiger partial charge < -0.3 is 28.7 Å². The van der Waals surface area contributed by atoms with Crippen molar-refractivity contribution in [3.05, 3.63) is 100 Å². The second kappa shape index (κ2) is 15.5. The lowest BCUT2D eigenvalue weighted by molar-refractivity contribution is 0.0106. The van der Waals surface area contributed by atoms with Crippen molar-refractivity contribution in [2.75, 3.05) is 69.3 Å². The number of ether oxygens (including phenoxy) is 4. The van der Waals surface area contributed by atoms with Gasteiger partial charge in [0.25, 0.3) is 0 Å². The molecular formula is C29H35N5O4. The smallest absolute Gasteiger partial charge is 0.121 e. The average Bonchev–Trinajstić information content (AvgIpc) is 3.28. The van der Waals surface area contributed by atoms with E-state index in [9.17, 15) is 0 Å². The van der Waals surface area contributed by atoms with Crippen molar-refractivity contribution < 1.29 is 18.9 Å². The number of fused-ring (bicyclic) bond motifs is 1. The summed E-state index contributed by atoms with van der Waals surface area (Å²) in [5.41, 5.74) is 13.2. The first-order chi connectivity index (χ1) is 18.8. The standard InChI is InChI=1S/C29H35N5O4/c30-32-31-13-14-35-15-16-36-17-18-37-19-20-38-27-11-12-28-29(21-27)34(23-26-9-5-2-6-10-26)24-33(28)22-25-7-3-1-4-8-25/h1-12,21H,13-20,22-24H2. The van der Waals surface area contributed by atoms with E-state index in [2.05, 4.69) is 86.6 Å². The van der Waals surface area contributed by atoms with Crippen LogP contribution in [0.3, 0.4) is 0 Å². The Morgan fingerprint density at radius 2 is 1.21 bits per heavy atom. The number of azide groups is 1. The third kappa shape index (κ3) is 8.68. The number of hydrogen-bond acceptors (Lipinski definition) is 7. The van der Waals surface area contributed by atoms with Gasteiger partial charge in [-0.1, -0.05) is 65.8 Å². The highest BCUT2D eigenvalue weighted by atomic mass is 16.6. The summed E-state index contributed by atoms with van der Waals surface area (Å²) < 4.78 is 22.4. The lowest BCUT2D eigenvalue weighted by Crippen LogP contribution is -2.30. The largest absolute Gasteiger partial charge is 0.491 e. The van der Waals surface area contributed by atoms with Crippen LogP contribution < -0.4 is 14.5 Å². The van der Waals surface area contributed by atoms with Gasteiger partial charge in [0.2, 0.25) is 0 Å². The number of benzene rings is 3. The van der Waals surface area contributed by atoms with Crippen molar-refractivity contribution >= 4 is 11.4 Å². The molecule has 0 aliphatic carbocycles. The third-order valence-electron chi connectivity index (χ3n) is 6.04. The van der Waals surface area contributed by atoms with Crippen LogP contribution in [0.15, 0.2) is 84.0 Å². The Hall–Kier alpha value is -3.75. The van der Waals surface area contributed by atoms with Gasteiger partial charge in [-0.05, 0) is 28.8 Å². The van der Waals surface area contributed by atoms with Crippen molar-refractivity contribution in [1.29, 1.82) is 0 Å². The molecular weight excluding hydrogens is 482 g/mol. The molecule has 0 N–H and O–H groups in total. The number of rotatable bonds is 17. The Morgan fingerprint density at radius 1 is 0.658 bits per heavy atom. The second-order valence-corrected chi connectivity index (χ2v) is 8.80. The summed E-state index contributed by atoms with van der Waals surface area (Å²) in [5, 5.41) is 3.40. The zero-order chi connectivity index (χ0) is 26.3. The van der Waals surface area contributed by atoms with Gasteiger partial charge in [0.15, 0.2) is 0 Å². The zero-order valence-corrected chi connectivity index (χ0v) is 21.7. The molecule has 0 unspecified atom stereocenters. The molecule has 4 rings (SSSR count). The molecule has 1 aliphatic rings. The molecule has 0 fully saturated rings. The molecule has 200 valence electrons. The van der Waals surface area contributed by atoms with E-state index in [-0.39, 0.29) is 0 Å². The van der Waals surface area contributed by atoms with Crippen LogP contribution in [-0.4, -0.2) is 59.5 Å². The van der Waals surface area contributed by atoms with E-state index < -0.39 is 0 Å². The Labute approximate surface area is 224 Å². The van der Waals surface area contributed by atoms with Gasteiger partial charge in [0.05, 0.1) is 57.7 Å². The van der Waals surface area contributed by atoms with E-state index in [1.807, 2.05) is 12.1 Å². The van der Waals surface area contributed by atoms with E-state index in [0.29, 0.717) is 52.8 Å². The van der Waals surface area contributed by atoms with E-state index in [0.717, 1.165) is 25.5 Å². The Morgan fingerprint density at radius 3 is 1.82 bits per heavy atom. The highest BCUT2D eigenvalue weighted by Crippen LogP contribution is 2.40. The molecule has 1 aliphatic heterocycles. The van der Waals surface area contributed by atoms with Crippen LogP contribution in [0.1, 0.15) is 11.1 Å². The van der Waals surface area contributed by atoms with Crippen LogP contribution in [0.5, 0.6) is 5.75 Å². The number of nitrogens with zero attached hydrogens (tertiary/aromatic N) is 5. The van der Waals surface area contributed by atoms with Crippen molar-refractivity contribution in [3.8, 4) is 5.75 Å². The average molecular weight is 518 g/mol. The maximum absolute atomic E-state index is 8.20. The van der Waals surface area contributed by atoms with E-state index in [1.165, 1.54) is 22.5 Å². The molecule has 0 bridgehead atoms. The lowest BCUT2D eigenvalue weighted by atomic mass is 10.2. The molecule has 9 nitrogen and oxygen atoms in total. The zero-order valence-electron chi connectivity index (χ0n) is 21.7. The predicted molar refractivity (Wildman–Crippen MR) is 149 cm³/mol. The van der Waals surface area contributed by atoms with Crippen LogP contribution in [0, 0.1) is 0 Å². The molecule has 0 saturated heterocycles. The summed E-state index contributed by atoms with van der Waals surface area (Å²) in [6.45, 7) is 6.13. The first-order valence-corrected chi connectivity index (χ1v) is 12.9. The normalized spacial score (nSPS) is 12.3. The summed E-state index contributed by atoms with van der Waals surface area (Å²) in [5.74, 6) is 0.834. The summed E-state index contributed by atoms with van der Waals surface area (Å²) in [7, 11) is 0. The minimum atomic E-state index is 0.334. The van der Waals surface area contributed by atoms with Gasteiger partial charge in [-0.15, -0.1) is 0 Å². The molecule has 38 heavy (non-hydrogen) atoms. The molecule has 0 saturated carbocycles. The molecule has 1 heterocycles. The van der Waals surface area contributed by atoms with Crippen molar-refractivity contribution in [1.82, 2.24) is 0 Å². The summed E-state index contributed by atoms with van der Waals surface area (Å²) in [6, 6.07) is 27.4. The van der Waals surface area contributed by atoms with Crippen LogP contribution >= 0.6 is 0 Å². The van der Waals surface area contributed by atoms with Crippen molar-refractivity contribution in [2.45, 2.75) is 13.1 Å². The highest BCUT2D eigenvalue weighted by Gasteiger charge is 2.26. The SMILES string of the molecule is [N-]=[N+]=NCCOCCOCCOCCOc1ccc2c(c1)N(Cc1ccccc1)CN2Cc1ccccc1. The first-order valence-electron chi connectivity index (χ1n) is 12.9. The molecule has 3 aromatic carbocycles. The van der Waals surface area contributed by atoms with Crippen LogP contribution in [0.2, 0.25) is 0 Å². The first kappa shape index (κ1) is 27.3. The van der Waals surface area contributed by atoms with Crippen LogP contribution in [0.4, 0.5) is 11.4 Å². The molecule has 0 atom stereocenters. The van der Waals surface area contributed by atoms with Crippen molar-refractivity contribution in [3.63, 3.8) is 0 Å². The van der Waals surface area contributed by atoms with E-state index >= 15 is 0 Å². The molecule has 0 aromatic heterocycles. The second-order valence-electron chi connectivity index (χ2n) is 8.80. The van der Waals surface area contributed by atoms with Crippen molar-refractivity contribution in [2.24, 2.45) is 5.11 Å². The Bertz CT molecular complexity index is 1140. The van der Waals surface area contributed by atoms with Crippen LogP contribution in [-0.2, 0) is 27.3 Å². The third-order valence-corrected chi connectivity index (χ3v) is 6.04. The maximum atomic E-state index is 8.20. The van der Waals surface area contributed by atoms with Gasteiger partial charge in [-0.2, -0.15) is 0 Å². The quantitative estimate of drug-likeness (QED) is 0.103. The maximum Gasteiger partial charge on any atom is 0.121 e. The monoisotopic (exact) mass is 517 g/mol.